The van der Waals surface area contributed by atoms with Gasteiger partial charge in [0.15, 0.2) is 0 Å². The first-order chi connectivity index (χ1) is 12.9. The van der Waals surface area contributed by atoms with Gasteiger partial charge >= 0.3 is 0 Å². The number of carbonyl (C=O) groups is 2. The van der Waals surface area contributed by atoms with Crippen molar-refractivity contribution in [2.24, 2.45) is 0 Å². The Morgan fingerprint density at radius 2 is 2.04 bits per heavy atom. The highest BCUT2D eigenvalue weighted by Gasteiger charge is 2.35. The van der Waals surface area contributed by atoms with Gasteiger partial charge in [0.25, 0.3) is 5.91 Å². The first-order valence-corrected chi connectivity index (χ1v) is 9.31. The standard InChI is InChI=1S/C21H26N4O2/c1-4-6-18-21(27)24(3)9-10-25(18)20(26)16-8-5-7-15(12-16)17-11-14(2)19(22)23-13-17/h5,7-8,11-13,18H,4,6,9-10H2,1-3H3,(H2,22,23). The van der Waals surface area contributed by atoms with E-state index in [1.807, 2.05) is 38.1 Å². The molecule has 27 heavy (non-hydrogen) atoms. The van der Waals surface area contributed by atoms with Crippen LogP contribution in [0.3, 0.4) is 0 Å². The SMILES string of the molecule is CCCC1C(=O)N(C)CCN1C(=O)c1cccc(-c2cnc(N)c(C)c2)c1. The van der Waals surface area contributed by atoms with Gasteiger partial charge in [0.2, 0.25) is 5.91 Å². The van der Waals surface area contributed by atoms with Gasteiger partial charge < -0.3 is 15.5 Å². The number of rotatable bonds is 4. The molecule has 6 nitrogen and oxygen atoms in total. The summed E-state index contributed by atoms with van der Waals surface area (Å²) in [6, 6.07) is 9.05. The lowest BCUT2D eigenvalue weighted by atomic mass is 10.0. The van der Waals surface area contributed by atoms with Crippen LogP contribution in [0.15, 0.2) is 36.5 Å². The van der Waals surface area contributed by atoms with Crippen molar-refractivity contribution in [1.29, 1.82) is 0 Å². The van der Waals surface area contributed by atoms with Gasteiger partial charge in [0.1, 0.15) is 11.9 Å². The van der Waals surface area contributed by atoms with Gasteiger partial charge in [-0.1, -0.05) is 25.5 Å². The number of amides is 2. The van der Waals surface area contributed by atoms with E-state index in [-0.39, 0.29) is 17.9 Å². The fourth-order valence-corrected chi connectivity index (χ4v) is 3.45. The van der Waals surface area contributed by atoms with Crippen molar-refractivity contribution in [2.45, 2.75) is 32.7 Å². The average Bonchev–Trinajstić information content (AvgIpc) is 2.67. The Bertz CT molecular complexity index is 865. The van der Waals surface area contributed by atoms with E-state index in [4.69, 9.17) is 5.73 Å². The van der Waals surface area contributed by atoms with Gasteiger partial charge in [-0.15, -0.1) is 0 Å². The topological polar surface area (TPSA) is 79.5 Å². The Morgan fingerprint density at radius 3 is 2.74 bits per heavy atom. The van der Waals surface area contributed by atoms with Crippen LogP contribution >= 0.6 is 0 Å². The maximum absolute atomic E-state index is 13.2. The molecule has 2 heterocycles. The fourth-order valence-electron chi connectivity index (χ4n) is 3.45. The largest absolute Gasteiger partial charge is 0.383 e. The number of aryl methyl sites for hydroxylation is 1. The number of anilines is 1. The van der Waals surface area contributed by atoms with Crippen LogP contribution in [-0.2, 0) is 4.79 Å². The second kappa shape index (κ2) is 7.78. The van der Waals surface area contributed by atoms with Crippen molar-refractivity contribution < 1.29 is 9.59 Å². The van der Waals surface area contributed by atoms with Crippen LogP contribution in [0.5, 0.6) is 0 Å². The Morgan fingerprint density at radius 1 is 1.26 bits per heavy atom. The first kappa shape index (κ1) is 18.9. The molecule has 1 fully saturated rings. The number of hydrogen-bond donors (Lipinski definition) is 1. The van der Waals surface area contributed by atoms with Crippen molar-refractivity contribution in [3.05, 3.63) is 47.7 Å². The third-order valence-corrected chi connectivity index (χ3v) is 5.10. The molecule has 1 unspecified atom stereocenters. The maximum Gasteiger partial charge on any atom is 0.254 e. The number of pyridine rings is 1. The zero-order valence-electron chi connectivity index (χ0n) is 16.1. The van der Waals surface area contributed by atoms with Crippen LogP contribution in [0.4, 0.5) is 5.82 Å². The van der Waals surface area contributed by atoms with Gasteiger partial charge in [0, 0.05) is 37.5 Å². The number of hydrogen-bond acceptors (Lipinski definition) is 4. The highest BCUT2D eigenvalue weighted by Crippen LogP contribution is 2.24. The molecule has 2 N–H and O–H groups in total. The van der Waals surface area contributed by atoms with Gasteiger partial charge in [-0.3, -0.25) is 9.59 Å². The van der Waals surface area contributed by atoms with Crippen LogP contribution in [-0.4, -0.2) is 52.8 Å². The van der Waals surface area contributed by atoms with Crippen LogP contribution < -0.4 is 5.73 Å². The molecule has 2 aromatic rings. The number of carbonyl (C=O) groups excluding carboxylic acids is 2. The minimum Gasteiger partial charge on any atom is -0.383 e. The summed E-state index contributed by atoms with van der Waals surface area (Å²) in [5.74, 6) is 0.423. The summed E-state index contributed by atoms with van der Waals surface area (Å²) >= 11 is 0. The molecule has 6 heteroatoms. The summed E-state index contributed by atoms with van der Waals surface area (Å²) in [7, 11) is 1.80. The van der Waals surface area contributed by atoms with Gasteiger partial charge in [-0.05, 0) is 42.7 Å². The molecule has 1 aromatic carbocycles. The maximum atomic E-state index is 13.2. The molecule has 1 aliphatic heterocycles. The number of aromatic nitrogens is 1. The van der Waals surface area contributed by atoms with Crippen molar-refractivity contribution >= 4 is 17.6 Å². The Labute approximate surface area is 160 Å². The predicted molar refractivity (Wildman–Crippen MR) is 106 cm³/mol. The van der Waals surface area contributed by atoms with Gasteiger partial charge in [0.05, 0.1) is 0 Å². The van der Waals surface area contributed by atoms with E-state index in [9.17, 15) is 9.59 Å². The molecular formula is C21H26N4O2. The quantitative estimate of drug-likeness (QED) is 0.902. The first-order valence-electron chi connectivity index (χ1n) is 9.31. The molecule has 0 spiro atoms. The summed E-state index contributed by atoms with van der Waals surface area (Å²) in [6.07, 6.45) is 3.24. The molecule has 0 saturated carbocycles. The Balaban J connectivity index is 1.90. The molecule has 1 aliphatic rings. The zero-order chi connectivity index (χ0) is 19.6. The Kier molecular flexibility index (Phi) is 5.44. The third kappa shape index (κ3) is 3.79. The number of piperazine rings is 1. The third-order valence-electron chi connectivity index (χ3n) is 5.10. The zero-order valence-corrected chi connectivity index (χ0v) is 16.1. The minimum atomic E-state index is -0.384. The minimum absolute atomic E-state index is 0.0194. The van der Waals surface area contributed by atoms with Crippen molar-refractivity contribution in [3.8, 4) is 11.1 Å². The van der Waals surface area contributed by atoms with Gasteiger partial charge in [-0.2, -0.15) is 0 Å². The number of nitrogen functional groups attached to an aromatic ring is 1. The summed E-state index contributed by atoms with van der Waals surface area (Å²) in [5.41, 5.74) is 9.11. The molecule has 3 rings (SSSR count). The van der Waals surface area contributed by atoms with Crippen LogP contribution in [0.1, 0.15) is 35.7 Å². The van der Waals surface area contributed by atoms with Crippen LogP contribution in [0.25, 0.3) is 11.1 Å². The fraction of sp³-hybridized carbons (Fsp3) is 0.381. The molecule has 142 valence electrons. The number of likely N-dealkylation sites (N-methyl/N-ethyl adjacent to an activating group) is 1. The van der Waals surface area contributed by atoms with E-state index in [2.05, 4.69) is 4.98 Å². The summed E-state index contributed by atoms with van der Waals surface area (Å²) < 4.78 is 0. The molecule has 1 saturated heterocycles. The smallest absolute Gasteiger partial charge is 0.254 e. The number of benzene rings is 1. The van der Waals surface area contributed by atoms with E-state index in [1.54, 1.807) is 29.1 Å². The molecule has 2 amide bonds. The lowest BCUT2D eigenvalue weighted by Gasteiger charge is -2.39. The molecule has 0 bridgehead atoms. The van der Waals surface area contributed by atoms with E-state index in [1.165, 1.54) is 0 Å². The summed E-state index contributed by atoms with van der Waals surface area (Å²) in [6.45, 7) is 5.05. The second-order valence-electron chi connectivity index (χ2n) is 7.07. The molecule has 1 atom stereocenters. The van der Waals surface area contributed by atoms with Gasteiger partial charge in [-0.25, -0.2) is 4.98 Å². The highest BCUT2D eigenvalue weighted by molar-refractivity contribution is 5.99. The van der Waals surface area contributed by atoms with E-state index in [0.29, 0.717) is 30.9 Å². The van der Waals surface area contributed by atoms with Crippen molar-refractivity contribution in [1.82, 2.24) is 14.8 Å². The van der Waals surface area contributed by atoms with E-state index in [0.717, 1.165) is 23.1 Å². The average molecular weight is 366 g/mol. The van der Waals surface area contributed by atoms with E-state index < -0.39 is 0 Å². The lowest BCUT2D eigenvalue weighted by molar-refractivity contribution is -0.138. The summed E-state index contributed by atoms with van der Waals surface area (Å²) in [4.78, 5) is 33.3. The molecule has 0 radical (unpaired) electrons. The number of nitrogens with two attached hydrogens (primary N) is 1. The van der Waals surface area contributed by atoms with Crippen LogP contribution in [0.2, 0.25) is 0 Å². The molecular weight excluding hydrogens is 340 g/mol. The number of nitrogens with zero attached hydrogens (tertiary/aromatic N) is 3. The lowest BCUT2D eigenvalue weighted by Crippen LogP contribution is -2.57. The van der Waals surface area contributed by atoms with Crippen molar-refractivity contribution in [2.75, 3.05) is 25.9 Å². The second-order valence-corrected chi connectivity index (χ2v) is 7.07. The predicted octanol–water partition coefficient (Wildman–Crippen LogP) is 2.72. The summed E-state index contributed by atoms with van der Waals surface area (Å²) in [5, 5.41) is 0. The van der Waals surface area contributed by atoms with Crippen LogP contribution in [0, 0.1) is 6.92 Å². The Hall–Kier alpha value is -2.89. The monoisotopic (exact) mass is 366 g/mol. The molecule has 0 aliphatic carbocycles. The normalized spacial score (nSPS) is 17.3. The van der Waals surface area contributed by atoms with E-state index >= 15 is 0 Å². The van der Waals surface area contributed by atoms with Crippen molar-refractivity contribution in [3.63, 3.8) is 0 Å². The highest BCUT2D eigenvalue weighted by atomic mass is 16.2. The molecule has 1 aromatic heterocycles.